The number of fused-ring (bicyclic) bond motifs is 2. The molecule has 0 spiro atoms. The van der Waals surface area contributed by atoms with Gasteiger partial charge in [0.1, 0.15) is 23.0 Å². The third kappa shape index (κ3) is 17.7. The summed E-state index contributed by atoms with van der Waals surface area (Å²) in [6.45, 7) is 12.8. The first-order valence-electron chi connectivity index (χ1n) is 19.5. The number of carbonyl (C=O) groups is 6. The zero-order chi connectivity index (χ0) is 44.3. The molecule has 0 aromatic heterocycles. The van der Waals surface area contributed by atoms with Crippen molar-refractivity contribution in [2.45, 2.75) is 52.7 Å². The molecule has 16 heteroatoms. The van der Waals surface area contributed by atoms with Crippen molar-refractivity contribution in [3.8, 4) is 0 Å². The van der Waals surface area contributed by atoms with E-state index < -0.39 is 23.4 Å². The van der Waals surface area contributed by atoms with Crippen molar-refractivity contribution < 1.29 is 38.2 Å². The monoisotopic (exact) mass is 866 g/mol. The Morgan fingerprint density at radius 2 is 0.800 bits per heavy atom. The minimum Gasteiger partial charge on any atom is -0.444 e. The second kappa shape index (κ2) is 23.9. The van der Waals surface area contributed by atoms with Crippen LogP contribution in [0.1, 0.15) is 62.3 Å². The van der Waals surface area contributed by atoms with Gasteiger partial charge in [-0.05, 0) is 87.4 Å². The Morgan fingerprint density at radius 1 is 0.483 bits per heavy atom. The SMILES string of the molecule is CC(C)(C)OC(=O)NCCN(CCNC(=O)OC(C)(C)C)C(=O)c1ccc2ccccc2c1.O=C(CCl)NCCN(CCNC(=O)CCl)C(=O)c1ccc2ccccc2c1. The Kier molecular flexibility index (Phi) is 19.4. The maximum atomic E-state index is 13.2. The first-order valence-corrected chi connectivity index (χ1v) is 20.6. The zero-order valence-corrected chi connectivity index (χ0v) is 36.6. The molecule has 0 aliphatic heterocycles. The normalized spacial score (nSPS) is 11.1. The molecule has 0 aliphatic rings. The molecule has 0 aliphatic carbocycles. The third-order valence-electron chi connectivity index (χ3n) is 8.32. The summed E-state index contributed by atoms with van der Waals surface area (Å²) in [7, 11) is 0. The molecule has 324 valence electrons. The summed E-state index contributed by atoms with van der Waals surface area (Å²) in [6.07, 6.45) is -1.10. The van der Waals surface area contributed by atoms with Crippen LogP contribution < -0.4 is 21.3 Å². The van der Waals surface area contributed by atoms with Crippen LogP contribution in [0, 0.1) is 0 Å². The van der Waals surface area contributed by atoms with E-state index >= 15 is 0 Å². The Morgan fingerprint density at radius 3 is 1.12 bits per heavy atom. The molecule has 4 rings (SSSR count). The highest BCUT2D eigenvalue weighted by atomic mass is 35.5. The van der Waals surface area contributed by atoms with Crippen LogP contribution >= 0.6 is 23.2 Å². The van der Waals surface area contributed by atoms with Crippen LogP contribution in [-0.2, 0) is 19.1 Å². The van der Waals surface area contributed by atoms with Crippen LogP contribution in [-0.4, -0.2) is 121 Å². The van der Waals surface area contributed by atoms with Crippen molar-refractivity contribution in [3.63, 3.8) is 0 Å². The van der Waals surface area contributed by atoms with E-state index in [-0.39, 0.29) is 74.7 Å². The number of carbonyl (C=O) groups excluding carboxylic acids is 6. The summed E-state index contributed by atoms with van der Waals surface area (Å²) < 4.78 is 10.5. The van der Waals surface area contributed by atoms with Crippen molar-refractivity contribution in [1.29, 1.82) is 0 Å². The van der Waals surface area contributed by atoms with Gasteiger partial charge < -0.3 is 40.5 Å². The average Bonchev–Trinajstić information content (AvgIpc) is 3.20. The molecular formula is C44H56Cl2N6O8. The molecule has 0 radical (unpaired) electrons. The van der Waals surface area contributed by atoms with E-state index in [1.54, 1.807) is 63.5 Å². The molecule has 60 heavy (non-hydrogen) atoms. The standard InChI is InChI=1S/C25H35N3O5.C19H21Cl2N3O3/c1-24(2,3)32-22(30)26-13-15-28(16-14-27-23(31)33-25(4,5)6)21(29)20-12-11-18-9-7-8-10-19(18)17-20;20-12-17(25)22-7-9-24(10-8-23-18(26)13-21)19(27)16-6-5-14-3-1-2-4-15(14)11-16/h7-12,17H,13-16H2,1-6H3,(H,26,30)(H,27,31);1-6,11H,7-10,12-13H2,(H,22,25)(H,23,26). The van der Waals surface area contributed by atoms with E-state index in [1.807, 2.05) is 72.8 Å². The molecule has 6 amide bonds. The summed E-state index contributed by atoms with van der Waals surface area (Å²) in [6, 6.07) is 26.6. The van der Waals surface area contributed by atoms with E-state index in [4.69, 9.17) is 32.7 Å². The highest BCUT2D eigenvalue weighted by Gasteiger charge is 2.21. The fourth-order valence-electron chi connectivity index (χ4n) is 5.61. The largest absolute Gasteiger partial charge is 0.444 e. The third-order valence-corrected chi connectivity index (χ3v) is 8.80. The van der Waals surface area contributed by atoms with Crippen LogP contribution in [0.25, 0.3) is 21.5 Å². The molecule has 0 fully saturated rings. The molecule has 0 bridgehead atoms. The number of alkyl halides is 2. The lowest BCUT2D eigenvalue weighted by Gasteiger charge is -2.25. The zero-order valence-electron chi connectivity index (χ0n) is 35.1. The quantitative estimate of drug-likeness (QED) is 0.0947. The second-order valence-electron chi connectivity index (χ2n) is 15.5. The predicted molar refractivity (Wildman–Crippen MR) is 236 cm³/mol. The maximum Gasteiger partial charge on any atom is 0.407 e. The van der Waals surface area contributed by atoms with Crippen molar-refractivity contribution in [2.75, 3.05) is 64.1 Å². The molecule has 4 aromatic rings. The van der Waals surface area contributed by atoms with Crippen molar-refractivity contribution in [3.05, 3.63) is 96.1 Å². The van der Waals surface area contributed by atoms with Gasteiger partial charge in [-0.15, -0.1) is 23.2 Å². The number of nitrogens with one attached hydrogen (secondary N) is 4. The molecule has 4 aromatic carbocycles. The molecule has 0 atom stereocenters. The molecule has 0 heterocycles. The number of benzene rings is 4. The molecule has 4 N–H and O–H groups in total. The summed E-state index contributed by atoms with van der Waals surface area (Å²) >= 11 is 10.9. The van der Waals surface area contributed by atoms with E-state index in [0.29, 0.717) is 24.2 Å². The molecule has 0 saturated carbocycles. The molecule has 0 saturated heterocycles. The number of ether oxygens (including phenoxy) is 2. The van der Waals surface area contributed by atoms with Gasteiger partial charge in [0.2, 0.25) is 11.8 Å². The highest BCUT2D eigenvalue weighted by Crippen LogP contribution is 2.18. The first kappa shape index (κ1) is 48.8. The lowest BCUT2D eigenvalue weighted by molar-refractivity contribution is -0.119. The smallest absolute Gasteiger partial charge is 0.407 e. The number of amides is 6. The van der Waals surface area contributed by atoms with Gasteiger partial charge in [-0.1, -0.05) is 60.7 Å². The average molecular weight is 868 g/mol. The van der Waals surface area contributed by atoms with Gasteiger partial charge in [-0.2, -0.15) is 0 Å². The van der Waals surface area contributed by atoms with Gasteiger partial charge in [0.15, 0.2) is 0 Å². The van der Waals surface area contributed by atoms with Gasteiger partial charge in [0.05, 0.1) is 0 Å². The summed E-state index contributed by atoms with van der Waals surface area (Å²) in [5.74, 6) is -1.25. The highest BCUT2D eigenvalue weighted by molar-refractivity contribution is 6.27. The van der Waals surface area contributed by atoms with Crippen LogP contribution in [0.3, 0.4) is 0 Å². The van der Waals surface area contributed by atoms with Gasteiger partial charge in [0, 0.05) is 63.5 Å². The number of rotatable bonds is 16. The lowest BCUT2D eigenvalue weighted by atomic mass is 10.1. The topological polar surface area (TPSA) is 175 Å². The van der Waals surface area contributed by atoms with Crippen molar-refractivity contribution in [1.82, 2.24) is 31.1 Å². The van der Waals surface area contributed by atoms with Crippen LogP contribution in [0.2, 0.25) is 0 Å². The van der Waals surface area contributed by atoms with Gasteiger partial charge in [0.25, 0.3) is 11.8 Å². The Labute approximate surface area is 361 Å². The minimum absolute atomic E-state index is 0.135. The number of halogens is 2. The molecule has 0 unspecified atom stereocenters. The predicted octanol–water partition coefficient (Wildman–Crippen LogP) is 6.32. The number of hydrogen-bond acceptors (Lipinski definition) is 8. The Balaban J connectivity index is 0.000000327. The Bertz CT molecular complexity index is 2030. The van der Waals surface area contributed by atoms with Crippen LogP contribution in [0.4, 0.5) is 9.59 Å². The van der Waals surface area contributed by atoms with E-state index in [9.17, 15) is 28.8 Å². The van der Waals surface area contributed by atoms with Gasteiger partial charge >= 0.3 is 12.2 Å². The first-order chi connectivity index (χ1) is 28.4. The number of alkyl carbamates (subject to hydrolysis) is 2. The van der Waals surface area contributed by atoms with Crippen LogP contribution in [0.15, 0.2) is 84.9 Å². The van der Waals surface area contributed by atoms with Gasteiger partial charge in [-0.25, -0.2) is 9.59 Å². The van der Waals surface area contributed by atoms with Crippen molar-refractivity contribution >= 4 is 80.6 Å². The van der Waals surface area contributed by atoms with E-state index in [0.717, 1.165) is 21.5 Å². The summed E-state index contributed by atoms with van der Waals surface area (Å²) in [5.41, 5.74) is -0.145. The van der Waals surface area contributed by atoms with Crippen LogP contribution in [0.5, 0.6) is 0 Å². The molecule has 14 nitrogen and oxygen atoms in total. The fourth-order valence-corrected chi connectivity index (χ4v) is 5.80. The number of hydrogen-bond donors (Lipinski definition) is 4. The van der Waals surface area contributed by atoms with E-state index in [2.05, 4.69) is 21.3 Å². The van der Waals surface area contributed by atoms with Gasteiger partial charge in [-0.3, -0.25) is 19.2 Å². The van der Waals surface area contributed by atoms with Crippen molar-refractivity contribution in [2.24, 2.45) is 0 Å². The molecular weight excluding hydrogens is 811 g/mol. The Hall–Kier alpha value is -5.60. The number of nitrogens with zero attached hydrogens (tertiary/aromatic N) is 2. The maximum absolute atomic E-state index is 13.2. The van der Waals surface area contributed by atoms with E-state index in [1.165, 1.54) is 0 Å². The minimum atomic E-state index is -0.609. The second-order valence-corrected chi connectivity index (χ2v) is 16.1. The summed E-state index contributed by atoms with van der Waals surface area (Å²) in [4.78, 5) is 75.8. The fraction of sp³-hybridized carbons (Fsp3) is 0.409. The summed E-state index contributed by atoms with van der Waals surface area (Å²) in [5, 5.41) is 14.6. The lowest BCUT2D eigenvalue weighted by Crippen LogP contribution is -2.44.